The zero-order chi connectivity index (χ0) is 24.1. The topological polar surface area (TPSA) is 89.5 Å². The number of thioether (sulfide) groups is 1. The molecule has 178 valence electrons. The van der Waals surface area contributed by atoms with Gasteiger partial charge < -0.3 is 24.4 Å². The van der Waals surface area contributed by atoms with Crippen LogP contribution in [0.3, 0.4) is 0 Å². The fourth-order valence-corrected chi connectivity index (χ4v) is 4.44. The highest BCUT2D eigenvalue weighted by Gasteiger charge is 2.24. The van der Waals surface area contributed by atoms with E-state index in [1.54, 1.807) is 23.1 Å². The quantitative estimate of drug-likeness (QED) is 0.636. The molecule has 0 aromatic heterocycles. The van der Waals surface area contributed by atoms with Gasteiger partial charge in [0.15, 0.2) is 23.3 Å². The smallest absolute Gasteiger partial charge is 0.264 e. The average molecular weight is 482 g/mol. The van der Waals surface area contributed by atoms with Crippen LogP contribution in [0.1, 0.15) is 16.7 Å². The lowest BCUT2D eigenvalue weighted by Crippen LogP contribution is -2.43. The fourth-order valence-electron chi connectivity index (χ4n) is 3.61. The molecule has 1 N–H and O–H groups in total. The summed E-state index contributed by atoms with van der Waals surface area (Å²) in [5, 5.41) is 3.36. The number of benzene rings is 2. The summed E-state index contributed by atoms with van der Waals surface area (Å²) in [4.78, 5) is 31.7. The number of carbonyl (C=O) groups excluding carboxylic acids is 2. The molecule has 0 bridgehead atoms. The van der Waals surface area contributed by atoms with Crippen LogP contribution in [0, 0.1) is 13.8 Å². The van der Waals surface area contributed by atoms with Crippen LogP contribution < -0.4 is 14.8 Å². The Morgan fingerprint density at radius 1 is 1.18 bits per heavy atom. The number of nitrogens with one attached hydrogen (secondary N) is 1. The Balaban J connectivity index is 1.44. The molecule has 0 radical (unpaired) electrons. The summed E-state index contributed by atoms with van der Waals surface area (Å²) in [6, 6.07) is 11.3. The van der Waals surface area contributed by atoms with Crippen molar-refractivity contribution in [3.63, 3.8) is 0 Å². The Morgan fingerprint density at radius 2 is 1.97 bits per heavy atom. The van der Waals surface area contributed by atoms with Crippen LogP contribution in [-0.4, -0.2) is 61.9 Å². The SMILES string of the molecule is COc1cc(/C=C2/SC(=Nc3ccc(C)cc3C)NC2=O)ccc1OCC(=O)N1CCOCC1. The molecule has 8 nitrogen and oxygen atoms in total. The monoisotopic (exact) mass is 481 g/mol. The molecule has 2 amide bonds. The maximum Gasteiger partial charge on any atom is 0.264 e. The molecular formula is C25H27N3O5S. The van der Waals surface area contributed by atoms with E-state index in [2.05, 4.69) is 16.4 Å². The molecule has 2 aromatic carbocycles. The molecule has 0 spiro atoms. The Labute approximate surface area is 203 Å². The number of nitrogens with zero attached hydrogens (tertiary/aromatic N) is 2. The number of aryl methyl sites for hydroxylation is 2. The van der Waals surface area contributed by atoms with Crippen LogP contribution in [0.4, 0.5) is 5.69 Å². The molecule has 2 aliphatic heterocycles. The Hall–Kier alpha value is -3.30. The summed E-state index contributed by atoms with van der Waals surface area (Å²) in [5.74, 6) is 0.652. The van der Waals surface area contributed by atoms with Crippen molar-refractivity contribution in [2.75, 3.05) is 40.0 Å². The van der Waals surface area contributed by atoms with Crippen LogP contribution in [0.25, 0.3) is 6.08 Å². The molecule has 0 unspecified atom stereocenters. The lowest BCUT2D eigenvalue weighted by atomic mass is 10.1. The van der Waals surface area contributed by atoms with Gasteiger partial charge in [-0.3, -0.25) is 9.59 Å². The normalized spacial score (nSPS) is 18.3. The zero-order valence-electron chi connectivity index (χ0n) is 19.4. The van der Waals surface area contributed by atoms with Gasteiger partial charge in [-0.1, -0.05) is 23.8 Å². The summed E-state index contributed by atoms with van der Waals surface area (Å²) in [7, 11) is 1.54. The van der Waals surface area contributed by atoms with E-state index in [4.69, 9.17) is 14.2 Å². The van der Waals surface area contributed by atoms with E-state index >= 15 is 0 Å². The third kappa shape index (κ3) is 5.78. The second-order valence-electron chi connectivity index (χ2n) is 7.96. The number of carbonyl (C=O) groups is 2. The number of amides is 2. The molecule has 0 aliphatic carbocycles. The van der Waals surface area contributed by atoms with Crippen LogP contribution in [0.15, 0.2) is 46.3 Å². The fraction of sp³-hybridized carbons (Fsp3) is 0.320. The van der Waals surface area contributed by atoms with Crippen LogP contribution in [0.2, 0.25) is 0 Å². The van der Waals surface area contributed by atoms with E-state index in [0.717, 1.165) is 22.4 Å². The van der Waals surface area contributed by atoms with Crippen molar-refractivity contribution < 1.29 is 23.8 Å². The Bertz CT molecular complexity index is 1160. The molecule has 4 rings (SSSR count). The molecular weight excluding hydrogens is 454 g/mol. The number of methoxy groups -OCH3 is 1. The van der Waals surface area contributed by atoms with E-state index in [1.807, 2.05) is 32.0 Å². The minimum atomic E-state index is -0.205. The van der Waals surface area contributed by atoms with E-state index in [9.17, 15) is 9.59 Å². The molecule has 2 aliphatic rings. The molecule has 2 aromatic rings. The first-order chi connectivity index (χ1) is 16.4. The lowest BCUT2D eigenvalue weighted by Gasteiger charge is -2.26. The summed E-state index contributed by atoms with van der Waals surface area (Å²) in [6.07, 6.45) is 1.77. The van der Waals surface area contributed by atoms with Gasteiger partial charge in [-0.15, -0.1) is 0 Å². The largest absolute Gasteiger partial charge is 0.493 e. The summed E-state index contributed by atoms with van der Waals surface area (Å²) in [6.45, 7) is 6.18. The van der Waals surface area contributed by atoms with Crippen molar-refractivity contribution in [1.82, 2.24) is 10.2 Å². The predicted octanol–water partition coefficient (Wildman–Crippen LogP) is 3.44. The van der Waals surface area contributed by atoms with Gasteiger partial charge in [0.05, 0.1) is 30.9 Å². The third-order valence-corrected chi connectivity index (χ3v) is 6.34. The van der Waals surface area contributed by atoms with Gasteiger partial charge in [-0.05, 0) is 61.0 Å². The van der Waals surface area contributed by atoms with Crippen LogP contribution in [-0.2, 0) is 14.3 Å². The van der Waals surface area contributed by atoms with Crippen molar-refractivity contribution in [1.29, 1.82) is 0 Å². The minimum absolute atomic E-state index is 0.0761. The molecule has 2 saturated heterocycles. The average Bonchev–Trinajstić information content (AvgIpc) is 3.18. The number of rotatable bonds is 6. The number of hydrogen-bond donors (Lipinski definition) is 1. The lowest BCUT2D eigenvalue weighted by molar-refractivity contribution is -0.137. The van der Waals surface area contributed by atoms with Crippen molar-refractivity contribution in [3.8, 4) is 11.5 Å². The van der Waals surface area contributed by atoms with Gasteiger partial charge in [0.1, 0.15) is 0 Å². The second-order valence-corrected chi connectivity index (χ2v) is 8.99. The Morgan fingerprint density at radius 3 is 2.71 bits per heavy atom. The van der Waals surface area contributed by atoms with Gasteiger partial charge in [-0.2, -0.15) is 0 Å². The second kappa shape index (κ2) is 10.8. The first-order valence-corrected chi connectivity index (χ1v) is 11.8. The van der Waals surface area contributed by atoms with Gasteiger partial charge >= 0.3 is 0 Å². The molecule has 9 heteroatoms. The van der Waals surface area contributed by atoms with Crippen molar-refractivity contribution >= 4 is 40.5 Å². The summed E-state index contributed by atoms with van der Waals surface area (Å²) in [5.41, 5.74) is 3.81. The van der Waals surface area contributed by atoms with Gasteiger partial charge in [0, 0.05) is 13.1 Å². The van der Waals surface area contributed by atoms with Gasteiger partial charge in [0.2, 0.25) is 0 Å². The maximum absolute atomic E-state index is 12.5. The standard InChI is InChI=1S/C25H27N3O5S/c1-16-4-6-19(17(2)12-16)26-25-27-24(30)22(34-25)14-18-5-7-20(21(13-18)31-3)33-15-23(29)28-8-10-32-11-9-28/h4-7,12-14H,8-11,15H2,1-3H3,(H,26,27,30)/b22-14+. The Kier molecular flexibility index (Phi) is 7.54. The molecule has 34 heavy (non-hydrogen) atoms. The maximum atomic E-state index is 12.5. The van der Waals surface area contributed by atoms with E-state index in [-0.39, 0.29) is 18.4 Å². The minimum Gasteiger partial charge on any atom is -0.493 e. The number of amidine groups is 1. The molecule has 2 fully saturated rings. The highest BCUT2D eigenvalue weighted by atomic mass is 32.2. The highest BCUT2D eigenvalue weighted by Crippen LogP contribution is 2.32. The number of morpholine rings is 1. The van der Waals surface area contributed by atoms with Crippen molar-refractivity contribution in [2.45, 2.75) is 13.8 Å². The van der Waals surface area contributed by atoms with Crippen molar-refractivity contribution in [3.05, 3.63) is 58.0 Å². The van der Waals surface area contributed by atoms with E-state index in [0.29, 0.717) is 47.9 Å². The zero-order valence-corrected chi connectivity index (χ0v) is 20.2. The van der Waals surface area contributed by atoms with Crippen LogP contribution in [0.5, 0.6) is 11.5 Å². The van der Waals surface area contributed by atoms with Crippen molar-refractivity contribution in [2.24, 2.45) is 4.99 Å². The first-order valence-electron chi connectivity index (χ1n) is 11.0. The predicted molar refractivity (Wildman–Crippen MR) is 133 cm³/mol. The molecule has 0 atom stereocenters. The molecule has 0 saturated carbocycles. The summed E-state index contributed by atoms with van der Waals surface area (Å²) < 4.78 is 16.4. The first kappa shape index (κ1) is 23.8. The van der Waals surface area contributed by atoms with E-state index in [1.165, 1.54) is 18.9 Å². The summed E-state index contributed by atoms with van der Waals surface area (Å²) >= 11 is 1.29. The number of aliphatic imine (C=N–C) groups is 1. The third-order valence-electron chi connectivity index (χ3n) is 5.43. The molecule has 2 heterocycles. The van der Waals surface area contributed by atoms with Gasteiger partial charge in [0.25, 0.3) is 11.8 Å². The van der Waals surface area contributed by atoms with E-state index < -0.39 is 0 Å². The van der Waals surface area contributed by atoms with Gasteiger partial charge in [-0.25, -0.2) is 4.99 Å². The highest BCUT2D eigenvalue weighted by molar-refractivity contribution is 8.18. The number of ether oxygens (including phenoxy) is 3. The number of hydrogen-bond acceptors (Lipinski definition) is 7. The van der Waals surface area contributed by atoms with Crippen LogP contribution >= 0.6 is 11.8 Å².